The number of rotatable bonds is 9. The fraction of sp³-hybridized carbons (Fsp3) is 0.538. The molecule has 0 aliphatic carbocycles. The van der Waals surface area contributed by atoms with Gasteiger partial charge in [-0.05, 0) is 34.7 Å². The van der Waals surface area contributed by atoms with Crippen molar-refractivity contribution in [1.29, 1.82) is 0 Å². The summed E-state index contributed by atoms with van der Waals surface area (Å²) in [5.74, 6) is -0.512. The Morgan fingerprint density at radius 1 is 1.52 bits per heavy atom. The zero-order chi connectivity index (χ0) is 15.8. The summed E-state index contributed by atoms with van der Waals surface area (Å²) in [5, 5.41) is 22.7. The van der Waals surface area contributed by atoms with Crippen molar-refractivity contribution in [2.75, 3.05) is 11.9 Å². The smallest absolute Gasteiger partial charge is 0.311 e. The van der Waals surface area contributed by atoms with E-state index in [4.69, 9.17) is 5.11 Å². The van der Waals surface area contributed by atoms with E-state index < -0.39 is 10.9 Å². The van der Waals surface area contributed by atoms with Crippen molar-refractivity contribution < 1.29 is 14.8 Å². The SMILES string of the molecule is CCC(CCNc1c(Br)cncc1[N+](=O)[O-])CCC(=O)O. The summed E-state index contributed by atoms with van der Waals surface area (Å²) in [6.07, 6.45) is 5.11. The number of nitrogens with zero attached hydrogens (tertiary/aromatic N) is 2. The van der Waals surface area contributed by atoms with Gasteiger partial charge in [-0.25, -0.2) is 0 Å². The number of halogens is 1. The molecule has 2 N–H and O–H groups in total. The summed E-state index contributed by atoms with van der Waals surface area (Å²) in [4.78, 5) is 24.8. The first-order valence-corrected chi connectivity index (χ1v) is 7.48. The zero-order valence-electron chi connectivity index (χ0n) is 11.7. The van der Waals surface area contributed by atoms with E-state index in [2.05, 4.69) is 26.2 Å². The number of anilines is 1. The molecule has 0 fully saturated rings. The monoisotopic (exact) mass is 359 g/mol. The highest BCUT2D eigenvalue weighted by Crippen LogP contribution is 2.31. The van der Waals surface area contributed by atoms with E-state index in [0.29, 0.717) is 23.1 Å². The molecule has 0 saturated heterocycles. The van der Waals surface area contributed by atoms with Gasteiger partial charge >= 0.3 is 11.7 Å². The van der Waals surface area contributed by atoms with Crippen molar-refractivity contribution in [2.45, 2.75) is 32.6 Å². The molecule has 1 aromatic heterocycles. The van der Waals surface area contributed by atoms with E-state index >= 15 is 0 Å². The zero-order valence-corrected chi connectivity index (χ0v) is 13.3. The van der Waals surface area contributed by atoms with E-state index in [1.807, 2.05) is 6.92 Å². The minimum atomic E-state index is -0.797. The highest BCUT2D eigenvalue weighted by molar-refractivity contribution is 9.10. The lowest BCUT2D eigenvalue weighted by Crippen LogP contribution is -2.11. The molecule has 1 unspecified atom stereocenters. The lowest BCUT2D eigenvalue weighted by atomic mass is 9.96. The second-order valence-electron chi connectivity index (χ2n) is 4.69. The molecular weight excluding hydrogens is 342 g/mol. The van der Waals surface area contributed by atoms with Gasteiger partial charge in [-0.2, -0.15) is 0 Å². The van der Waals surface area contributed by atoms with Gasteiger partial charge in [-0.1, -0.05) is 13.3 Å². The van der Waals surface area contributed by atoms with Crippen LogP contribution in [0, 0.1) is 16.0 Å². The molecule has 0 aliphatic heterocycles. The van der Waals surface area contributed by atoms with Gasteiger partial charge in [0.2, 0.25) is 0 Å². The third-order valence-electron chi connectivity index (χ3n) is 3.27. The van der Waals surface area contributed by atoms with Gasteiger partial charge in [0, 0.05) is 19.2 Å². The van der Waals surface area contributed by atoms with E-state index in [1.165, 1.54) is 12.4 Å². The lowest BCUT2D eigenvalue weighted by molar-refractivity contribution is -0.384. The number of nitrogens with one attached hydrogen (secondary N) is 1. The molecule has 0 bridgehead atoms. The number of carbonyl (C=O) groups is 1. The maximum Gasteiger partial charge on any atom is 0.311 e. The summed E-state index contributed by atoms with van der Waals surface area (Å²) in [7, 11) is 0. The Labute approximate surface area is 131 Å². The Bertz CT molecular complexity index is 510. The van der Waals surface area contributed by atoms with Crippen LogP contribution in [-0.2, 0) is 4.79 Å². The quantitative estimate of drug-likeness (QED) is 0.516. The second-order valence-corrected chi connectivity index (χ2v) is 5.55. The number of carboxylic acid groups (broad SMARTS) is 1. The standard InChI is InChI=1S/C13H18BrN3O4/c1-2-9(3-4-12(18)19)5-6-16-13-10(14)7-15-8-11(13)17(20)21/h7-9H,2-6H2,1H3,(H,15,16)(H,18,19). The highest BCUT2D eigenvalue weighted by atomic mass is 79.9. The topological polar surface area (TPSA) is 105 Å². The normalized spacial score (nSPS) is 11.9. The molecule has 1 aromatic rings. The summed E-state index contributed by atoms with van der Waals surface area (Å²) in [5.41, 5.74) is 0.325. The van der Waals surface area contributed by atoms with E-state index in [-0.39, 0.29) is 18.0 Å². The number of pyridine rings is 1. The van der Waals surface area contributed by atoms with E-state index in [1.54, 1.807) is 0 Å². The van der Waals surface area contributed by atoms with Gasteiger partial charge in [0.05, 0.1) is 9.40 Å². The maximum absolute atomic E-state index is 10.9. The van der Waals surface area contributed by atoms with Gasteiger partial charge in [0.25, 0.3) is 0 Å². The van der Waals surface area contributed by atoms with Gasteiger partial charge in [0.15, 0.2) is 0 Å². The van der Waals surface area contributed by atoms with Crippen LogP contribution in [-0.4, -0.2) is 27.5 Å². The molecule has 21 heavy (non-hydrogen) atoms. The van der Waals surface area contributed by atoms with Crippen molar-refractivity contribution in [2.24, 2.45) is 5.92 Å². The molecule has 1 rings (SSSR count). The molecule has 1 heterocycles. The molecule has 7 nitrogen and oxygen atoms in total. The number of hydrogen-bond acceptors (Lipinski definition) is 5. The first-order chi connectivity index (χ1) is 9.95. The molecule has 116 valence electrons. The van der Waals surface area contributed by atoms with Gasteiger partial charge in [-0.3, -0.25) is 19.9 Å². The first-order valence-electron chi connectivity index (χ1n) is 6.69. The Morgan fingerprint density at radius 3 is 2.81 bits per heavy atom. The fourth-order valence-corrected chi connectivity index (χ4v) is 2.48. The van der Waals surface area contributed by atoms with Gasteiger partial charge in [-0.15, -0.1) is 0 Å². The predicted octanol–water partition coefficient (Wildman–Crippen LogP) is 3.45. The van der Waals surface area contributed by atoms with E-state index in [9.17, 15) is 14.9 Å². The van der Waals surface area contributed by atoms with Crippen LogP contribution in [0.15, 0.2) is 16.9 Å². The highest BCUT2D eigenvalue weighted by Gasteiger charge is 2.17. The summed E-state index contributed by atoms with van der Waals surface area (Å²) in [6.45, 7) is 2.55. The molecule has 0 saturated carbocycles. The van der Waals surface area contributed by atoms with E-state index in [0.717, 1.165) is 12.8 Å². The van der Waals surface area contributed by atoms with Crippen LogP contribution >= 0.6 is 15.9 Å². The van der Waals surface area contributed by atoms with Gasteiger partial charge < -0.3 is 10.4 Å². The van der Waals surface area contributed by atoms with Crippen molar-refractivity contribution >= 4 is 33.3 Å². The van der Waals surface area contributed by atoms with Crippen molar-refractivity contribution in [3.8, 4) is 0 Å². The fourth-order valence-electron chi connectivity index (χ4n) is 2.02. The number of aromatic nitrogens is 1. The average Bonchev–Trinajstić information content (AvgIpc) is 2.43. The van der Waals surface area contributed by atoms with Gasteiger partial charge in [0.1, 0.15) is 11.9 Å². The van der Waals surface area contributed by atoms with Crippen LogP contribution in [0.1, 0.15) is 32.6 Å². The molecule has 0 radical (unpaired) electrons. The van der Waals surface area contributed by atoms with Crippen LogP contribution in [0.3, 0.4) is 0 Å². The summed E-state index contributed by atoms with van der Waals surface area (Å²) in [6, 6.07) is 0. The first kappa shape index (κ1) is 17.4. The second kappa shape index (κ2) is 8.56. The third-order valence-corrected chi connectivity index (χ3v) is 3.88. The largest absolute Gasteiger partial charge is 0.481 e. The Kier molecular flexibility index (Phi) is 7.07. The third kappa shape index (κ3) is 5.66. The maximum atomic E-state index is 10.9. The summed E-state index contributed by atoms with van der Waals surface area (Å²) >= 11 is 3.24. The van der Waals surface area contributed by atoms with Crippen molar-refractivity contribution in [1.82, 2.24) is 4.98 Å². The summed E-state index contributed by atoms with van der Waals surface area (Å²) < 4.78 is 0.537. The molecular formula is C13H18BrN3O4. The Balaban J connectivity index is 2.59. The molecule has 8 heteroatoms. The number of hydrogen-bond donors (Lipinski definition) is 2. The van der Waals surface area contributed by atoms with Crippen LogP contribution in [0.25, 0.3) is 0 Å². The number of carboxylic acids is 1. The Hall–Kier alpha value is -1.70. The van der Waals surface area contributed by atoms with Crippen molar-refractivity contribution in [3.63, 3.8) is 0 Å². The van der Waals surface area contributed by atoms with Crippen molar-refractivity contribution in [3.05, 3.63) is 27.0 Å². The Morgan fingerprint density at radius 2 is 2.24 bits per heavy atom. The van der Waals surface area contributed by atoms with Crippen LogP contribution in [0.2, 0.25) is 0 Å². The lowest BCUT2D eigenvalue weighted by Gasteiger charge is -2.15. The minimum absolute atomic E-state index is 0.0806. The minimum Gasteiger partial charge on any atom is -0.481 e. The molecule has 0 aliphatic rings. The van der Waals surface area contributed by atoms with Crippen LogP contribution in [0.5, 0.6) is 0 Å². The predicted molar refractivity (Wildman–Crippen MR) is 82.3 cm³/mol. The number of aliphatic carboxylic acids is 1. The van der Waals surface area contributed by atoms with Crippen LogP contribution in [0.4, 0.5) is 11.4 Å². The molecule has 0 aromatic carbocycles. The molecule has 1 atom stereocenters. The molecule has 0 spiro atoms. The number of nitro groups is 1. The molecule has 0 amide bonds. The van der Waals surface area contributed by atoms with Crippen LogP contribution < -0.4 is 5.32 Å². The average molecular weight is 360 g/mol.